The van der Waals surface area contributed by atoms with Gasteiger partial charge in [-0.25, -0.2) is 9.18 Å². The molecule has 0 radical (unpaired) electrons. The van der Waals surface area contributed by atoms with E-state index in [1.807, 2.05) is 0 Å². The van der Waals surface area contributed by atoms with Crippen LogP contribution < -0.4 is 5.73 Å². The SMILES string of the molecule is Nc1cccc(C(=O)OCc2ccc(F)cc2Cl)c1. The van der Waals surface area contributed by atoms with Crippen molar-refractivity contribution in [1.82, 2.24) is 0 Å². The second kappa shape index (κ2) is 5.71. The van der Waals surface area contributed by atoms with Crippen LogP contribution in [0, 0.1) is 5.82 Å². The summed E-state index contributed by atoms with van der Waals surface area (Å²) >= 11 is 5.83. The Morgan fingerprint density at radius 3 is 2.74 bits per heavy atom. The van der Waals surface area contributed by atoms with Crippen LogP contribution >= 0.6 is 11.6 Å². The van der Waals surface area contributed by atoms with E-state index in [4.69, 9.17) is 22.1 Å². The molecule has 2 aromatic carbocycles. The Bertz CT molecular complexity index is 616. The quantitative estimate of drug-likeness (QED) is 0.692. The topological polar surface area (TPSA) is 52.3 Å². The summed E-state index contributed by atoms with van der Waals surface area (Å²) in [4.78, 5) is 11.8. The molecule has 0 amide bonds. The molecule has 0 saturated carbocycles. The van der Waals surface area contributed by atoms with E-state index in [0.29, 0.717) is 16.8 Å². The summed E-state index contributed by atoms with van der Waals surface area (Å²) < 4.78 is 17.9. The average molecular weight is 280 g/mol. The number of halogens is 2. The van der Waals surface area contributed by atoms with E-state index in [1.54, 1.807) is 18.2 Å². The predicted octanol–water partition coefficient (Wildman–Crippen LogP) is 3.42. The number of ether oxygens (including phenoxy) is 1. The molecule has 0 bridgehead atoms. The Morgan fingerprint density at radius 1 is 1.26 bits per heavy atom. The number of nitrogens with two attached hydrogens (primary N) is 1. The molecular formula is C14H11ClFNO2. The molecule has 0 atom stereocenters. The maximum absolute atomic E-state index is 12.8. The van der Waals surface area contributed by atoms with Crippen molar-refractivity contribution in [3.05, 3.63) is 64.4 Å². The molecule has 0 unspecified atom stereocenters. The lowest BCUT2D eigenvalue weighted by molar-refractivity contribution is 0.0473. The van der Waals surface area contributed by atoms with E-state index in [9.17, 15) is 9.18 Å². The molecular weight excluding hydrogens is 269 g/mol. The second-order valence-corrected chi connectivity index (χ2v) is 4.34. The first-order chi connectivity index (χ1) is 9.06. The van der Waals surface area contributed by atoms with Crippen molar-refractivity contribution in [2.45, 2.75) is 6.61 Å². The van der Waals surface area contributed by atoms with Crippen molar-refractivity contribution < 1.29 is 13.9 Å². The maximum Gasteiger partial charge on any atom is 0.338 e. The van der Waals surface area contributed by atoms with Gasteiger partial charge in [0.05, 0.1) is 10.6 Å². The van der Waals surface area contributed by atoms with Crippen LogP contribution in [0.1, 0.15) is 15.9 Å². The van der Waals surface area contributed by atoms with Gasteiger partial charge in [-0.1, -0.05) is 23.7 Å². The summed E-state index contributed by atoms with van der Waals surface area (Å²) in [6.45, 7) is -0.0211. The average Bonchev–Trinajstić information content (AvgIpc) is 2.37. The molecule has 0 aliphatic rings. The van der Waals surface area contributed by atoms with E-state index in [1.165, 1.54) is 24.3 Å². The highest BCUT2D eigenvalue weighted by Gasteiger charge is 2.09. The van der Waals surface area contributed by atoms with Crippen LogP contribution in [-0.4, -0.2) is 5.97 Å². The third kappa shape index (κ3) is 3.45. The van der Waals surface area contributed by atoms with Gasteiger partial charge in [0.2, 0.25) is 0 Å². The van der Waals surface area contributed by atoms with Crippen LogP contribution in [-0.2, 0) is 11.3 Å². The van der Waals surface area contributed by atoms with Gasteiger partial charge in [0.1, 0.15) is 12.4 Å². The Labute approximate surface area is 114 Å². The van der Waals surface area contributed by atoms with E-state index in [-0.39, 0.29) is 11.6 Å². The van der Waals surface area contributed by atoms with Gasteiger partial charge >= 0.3 is 5.97 Å². The molecule has 2 N–H and O–H groups in total. The molecule has 0 fully saturated rings. The molecule has 5 heteroatoms. The van der Waals surface area contributed by atoms with E-state index in [0.717, 1.165) is 0 Å². The Kier molecular flexibility index (Phi) is 4.02. The normalized spacial score (nSPS) is 10.2. The number of anilines is 1. The van der Waals surface area contributed by atoms with Crippen LogP contribution in [0.3, 0.4) is 0 Å². The highest BCUT2D eigenvalue weighted by molar-refractivity contribution is 6.31. The Hall–Kier alpha value is -2.07. The minimum atomic E-state index is -0.507. The van der Waals surface area contributed by atoms with E-state index >= 15 is 0 Å². The fourth-order valence-electron chi connectivity index (χ4n) is 1.53. The molecule has 2 aromatic rings. The molecule has 0 aliphatic heterocycles. The summed E-state index contributed by atoms with van der Waals surface area (Å²) in [7, 11) is 0. The fraction of sp³-hybridized carbons (Fsp3) is 0.0714. The fourth-order valence-corrected chi connectivity index (χ4v) is 1.75. The molecule has 98 valence electrons. The summed E-state index contributed by atoms with van der Waals surface area (Å²) in [5.74, 6) is -0.941. The van der Waals surface area contributed by atoms with Gasteiger partial charge in [-0.15, -0.1) is 0 Å². The van der Waals surface area contributed by atoms with Crippen molar-refractivity contribution in [3.63, 3.8) is 0 Å². The number of rotatable bonds is 3. The molecule has 2 rings (SSSR count). The largest absolute Gasteiger partial charge is 0.457 e. The molecule has 3 nitrogen and oxygen atoms in total. The minimum Gasteiger partial charge on any atom is -0.457 e. The van der Waals surface area contributed by atoms with Gasteiger partial charge in [-0.3, -0.25) is 0 Å². The number of benzene rings is 2. The number of hydrogen-bond donors (Lipinski definition) is 1. The van der Waals surface area contributed by atoms with Crippen molar-refractivity contribution in [2.75, 3.05) is 5.73 Å². The van der Waals surface area contributed by atoms with Crippen LogP contribution in [0.5, 0.6) is 0 Å². The lowest BCUT2D eigenvalue weighted by Crippen LogP contribution is -2.06. The van der Waals surface area contributed by atoms with Gasteiger partial charge < -0.3 is 10.5 Å². The summed E-state index contributed by atoms with van der Waals surface area (Å²) in [6, 6.07) is 10.4. The van der Waals surface area contributed by atoms with Crippen molar-refractivity contribution in [1.29, 1.82) is 0 Å². The smallest absolute Gasteiger partial charge is 0.338 e. The molecule has 0 spiro atoms. The molecule has 0 aliphatic carbocycles. The first-order valence-corrected chi connectivity index (χ1v) is 5.90. The van der Waals surface area contributed by atoms with Gasteiger partial charge in [-0.05, 0) is 30.3 Å². The highest BCUT2D eigenvalue weighted by atomic mass is 35.5. The number of esters is 1. The van der Waals surface area contributed by atoms with Gasteiger partial charge in [0, 0.05) is 11.3 Å². The van der Waals surface area contributed by atoms with Gasteiger partial charge in [0.15, 0.2) is 0 Å². The Morgan fingerprint density at radius 2 is 2.05 bits per heavy atom. The Balaban J connectivity index is 2.04. The van der Waals surface area contributed by atoms with E-state index < -0.39 is 11.8 Å². The van der Waals surface area contributed by atoms with Gasteiger partial charge in [0.25, 0.3) is 0 Å². The maximum atomic E-state index is 12.8. The summed E-state index contributed by atoms with van der Waals surface area (Å²) in [5, 5.41) is 0.223. The molecule has 19 heavy (non-hydrogen) atoms. The highest BCUT2D eigenvalue weighted by Crippen LogP contribution is 2.18. The van der Waals surface area contributed by atoms with Crippen LogP contribution in [0.15, 0.2) is 42.5 Å². The van der Waals surface area contributed by atoms with Crippen molar-refractivity contribution >= 4 is 23.3 Å². The van der Waals surface area contributed by atoms with Crippen molar-refractivity contribution in [3.8, 4) is 0 Å². The summed E-state index contributed by atoms with van der Waals surface area (Å²) in [6.07, 6.45) is 0. The number of nitrogen functional groups attached to an aromatic ring is 1. The van der Waals surface area contributed by atoms with Crippen LogP contribution in [0.2, 0.25) is 5.02 Å². The number of carbonyl (C=O) groups excluding carboxylic acids is 1. The van der Waals surface area contributed by atoms with Crippen LogP contribution in [0.4, 0.5) is 10.1 Å². The van der Waals surface area contributed by atoms with Crippen molar-refractivity contribution in [2.24, 2.45) is 0 Å². The number of hydrogen-bond acceptors (Lipinski definition) is 3. The first kappa shape index (κ1) is 13.4. The van der Waals surface area contributed by atoms with Gasteiger partial charge in [-0.2, -0.15) is 0 Å². The third-order valence-electron chi connectivity index (χ3n) is 2.50. The standard InChI is InChI=1S/C14H11ClFNO2/c15-13-7-11(16)5-4-10(13)8-19-14(18)9-2-1-3-12(17)6-9/h1-7H,8,17H2. The zero-order valence-corrected chi connectivity index (χ0v) is 10.7. The monoisotopic (exact) mass is 279 g/mol. The molecule has 0 saturated heterocycles. The zero-order chi connectivity index (χ0) is 13.8. The zero-order valence-electron chi connectivity index (χ0n) is 9.90. The minimum absolute atomic E-state index is 0.0211. The molecule has 0 aromatic heterocycles. The third-order valence-corrected chi connectivity index (χ3v) is 2.85. The summed E-state index contributed by atoms with van der Waals surface area (Å²) in [5.41, 5.74) is 6.96. The first-order valence-electron chi connectivity index (χ1n) is 5.53. The molecule has 0 heterocycles. The van der Waals surface area contributed by atoms with E-state index in [2.05, 4.69) is 0 Å². The second-order valence-electron chi connectivity index (χ2n) is 3.94. The number of carbonyl (C=O) groups is 1. The lowest BCUT2D eigenvalue weighted by Gasteiger charge is -2.07. The lowest BCUT2D eigenvalue weighted by atomic mass is 10.2. The predicted molar refractivity (Wildman–Crippen MR) is 71.4 cm³/mol. The van der Waals surface area contributed by atoms with Crippen LogP contribution in [0.25, 0.3) is 0 Å².